The first-order chi connectivity index (χ1) is 14.7. The van der Waals surface area contributed by atoms with E-state index >= 15 is 0 Å². The predicted molar refractivity (Wildman–Crippen MR) is 110 cm³/mol. The highest BCUT2D eigenvalue weighted by molar-refractivity contribution is 6.33. The van der Waals surface area contributed by atoms with E-state index < -0.39 is 17.8 Å². The fourth-order valence-electron chi connectivity index (χ4n) is 3.22. The second kappa shape index (κ2) is 8.55. The molecule has 1 aliphatic rings. The second-order valence-electron chi connectivity index (χ2n) is 7.36. The van der Waals surface area contributed by atoms with Crippen molar-refractivity contribution in [2.45, 2.75) is 44.4 Å². The van der Waals surface area contributed by atoms with Crippen LogP contribution in [0.3, 0.4) is 0 Å². The van der Waals surface area contributed by atoms with E-state index in [1.165, 1.54) is 4.68 Å². The first-order valence-electron chi connectivity index (χ1n) is 9.62. The first kappa shape index (κ1) is 21.7. The largest absolute Gasteiger partial charge is 0.435 e. The van der Waals surface area contributed by atoms with Crippen molar-refractivity contribution in [2.75, 3.05) is 5.32 Å². The molecule has 31 heavy (non-hydrogen) atoms. The summed E-state index contributed by atoms with van der Waals surface area (Å²) in [6.45, 7) is 0.402. The number of hydrogen-bond acceptors (Lipinski definition) is 3. The molecule has 2 aromatic heterocycles. The first-order valence-corrected chi connectivity index (χ1v) is 10.4. The van der Waals surface area contributed by atoms with E-state index in [1.54, 1.807) is 16.9 Å². The minimum Gasteiger partial charge on any atom is -0.308 e. The fourth-order valence-corrected chi connectivity index (χ4v) is 3.62. The number of alkyl halides is 3. The van der Waals surface area contributed by atoms with Crippen molar-refractivity contribution in [1.29, 1.82) is 0 Å². The number of benzene rings is 1. The number of nitrogens with one attached hydrogen (secondary N) is 1. The summed E-state index contributed by atoms with van der Waals surface area (Å²) in [7, 11) is 0. The van der Waals surface area contributed by atoms with Crippen molar-refractivity contribution in [2.24, 2.45) is 0 Å². The Balaban J connectivity index is 1.39. The average molecular weight is 472 g/mol. The van der Waals surface area contributed by atoms with Gasteiger partial charge in [-0.25, -0.2) is 0 Å². The monoisotopic (exact) mass is 471 g/mol. The molecule has 0 atom stereocenters. The predicted octanol–water partition coefficient (Wildman–Crippen LogP) is 5.36. The lowest BCUT2D eigenvalue weighted by Gasteiger charge is -2.07. The van der Waals surface area contributed by atoms with E-state index in [4.69, 9.17) is 23.2 Å². The van der Waals surface area contributed by atoms with Gasteiger partial charge < -0.3 is 5.32 Å². The molecule has 2 heterocycles. The number of hydrogen-bond donors (Lipinski definition) is 1. The molecule has 164 valence electrons. The van der Waals surface area contributed by atoms with Gasteiger partial charge in [0.2, 0.25) is 5.91 Å². The van der Waals surface area contributed by atoms with Gasteiger partial charge in [0.15, 0.2) is 11.5 Å². The number of aromatic nitrogens is 4. The normalized spacial score (nSPS) is 14.1. The van der Waals surface area contributed by atoms with Gasteiger partial charge in [-0.1, -0.05) is 41.4 Å². The van der Waals surface area contributed by atoms with Crippen LogP contribution in [0.4, 0.5) is 19.0 Å². The summed E-state index contributed by atoms with van der Waals surface area (Å²) in [5.74, 6) is -0.171. The highest BCUT2D eigenvalue weighted by atomic mass is 35.5. The van der Waals surface area contributed by atoms with Crippen molar-refractivity contribution in [3.05, 3.63) is 63.5 Å². The Morgan fingerprint density at radius 3 is 2.58 bits per heavy atom. The van der Waals surface area contributed by atoms with Crippen LogP contribution >= 0.6 is 23.2 Å². The lowest BCUT2D eigenvalue weighted by Crippen LogP contribution is -2.17. The third kappa shape index (κ3) is 5.22. The van der Waals surface area contributed by atoms with Gasteiger partial charge in [-0.3, -0.25) is 14.2 Å². The number of rotatable bonds is 7. The summed E-state index contributed by atoms with van der Waals surface area (Å²) in [5.41, 5.74) is 0.423. The topological polar surface area (TPSA) is 64.7 Å². The minimum absolute atomic E-state index is 0.0334. The van der Waals surface area contributed by atoms with Gasteiger partial charge in [-0.15, -0.1) is 0 Å². The number of nitrogens with zero attached hydrogens (tertiary/aromatic N) is 4. The van der Waals surface area contributed by atoms with Crippen molar-refractivity contribution < 1.29 is 18.0 Å². The number of aryl methyl sites for hydroxylation is 1. The zero-order chi connectivity index (χ0) is 22.2. The minimum atomic E-state index is -4.51. The SMILES string of the molecule is O=C(CCn1nc(C(F)(F)F)cc1C1CC1)Nc1nn(Cc2ccccc2Cl)cc1Cl. The molecule has 1 fully saturated rings. The fraction of sp³-hybridized carbons (Fsp3) is 0.350. The molecule has 6 nitrogen and oxygen atoms in total. The van der Waals surface area contributed by atoms with Crippen molar-refractivity contribution in [3.63, 3.8) is 0 Å². The maximum atomic E-state index is 13.0. The number of halogens is 5. The Bertz CT molecular complexity index is 1100. The smallest absolute Gasteiger partial charge is 0.308 e. The quantitative estimate of drug-likeness (QED) is 0.504. The molecule has 0 unspecified atom stereocenters. The summed E-state index contributed by atoms with van der Waals surface area (Å²) in [6, 6.07) is 8.36. The molecule has 0 bridgehead atoms. The zero-order valence-electron chi connectivity index (χ0n) is 16.2. The van der Waals surface area contributed by atoms with Gasteiger partial charge in [0.05, 0.1) is 6.54 Å². The van der Waals surface area contributed by atoms with Gasteiger partial charge in [0.1, 0.15) is 5.02 Å². The van der Waals surface area contributed by atoms with Gasteiger partial charge in [0.25, 0.3) is 0 Å². The lowest BCUT2D eigenvalue weighted by molar-refractivity contribution is -0.141. The molecule has 1 amide bonds. The summed E-state index contributed by atoms with van der Waals surface area (Å²) in [4.78, 5) is 12.4. The van der Waals surface area contributed by atoms with Gasteiger partial charge in [0, 0.05) is 35.8 Å². The Kier molecular flexibility index (Phi) is 5.98. The van der Waals surface area contributed by atoms with Crippen LogP contribution in [0.1, 0.15) is 42.1 Å². The van der Waals surface area contributed by atoms with E-state index in [9.17, 15) is 18.0 Å². The van der Waals surface area contributed by atoms with Crippen LogP contribution in [-0.4, -0.2) is 25.5 Å². The molecule has 1 aliphatic carbocycles. The Morgan fingerprint density at radius 2 is 1.90 bits per heavy atom. The van der Waals surface area contributed by atoms with Crippen LogP contribution in [0, 0.1) is 0 Å². The molecule has 0 spiro atoms. The van der Waals surface area contributed by atoms with Crippen LogP contribution in [0.5, 0.6) is 0 Å². The van der Waals surface area contributed by atoms with Crippen LogP contribution in [0.25, 0.3) is 0 Å². The third-order valence-corrected chi connectivity index (χ3v) is 5.56. The maximum Gasteiger partial charge on any atom is 0.435 e. The summed E-state index contributed by atoms with van der Waals surface area (Å²) < 4.78 is 41.8. The number of carbonyl (C=O) groups excluding carboxylic acids is 1. The maximum absolute atomic E-state index is 13.0. The molecule has 1 aromatic carbocycles. The van der Waals surface area contributed by atoms with Gasteiger partial charge in [-0.2, -0.15) is 23.4 Å². The summed E-state index contributed by atoms with van der Waals surface area (Å²) in [6.07, 6.45) is -1.36. The molecule has 0 aliphatic heterocycles. The van der Waals surface area contributed by atoms with E-state index in [1.807, 2.05) is 18.2 Å². The highest BCUT2D eigenvalue weighted by Crippen LogP contribution is 2.42. The van der Waals surface area contributed by atoms with E-state index in [2.05, 4.69) is 15.5 Å². The molecule has 11 heteroatoms. The molecule has 3 aromatic rings. The number of anilines is 1. The van der Waals surface area contributed by atoms with Crippen LogP contribution < -0.4 is 5.32 Å². The van der Waals surface area contributed by atoms with Crippen molar-refractivity contribution >= 4 is 34.9 Å². The number of amides is 1. The summed E-state index contributed by atoms with van der Waals surface area (Å²) >= 11 is 12.3. The molecular formula is C20H18Cl2F3N5O. The number of carbonyl (C=O) groups is 1. The van der Waals surface area contributed by atoms with Crippen molar-refractivity contribution in [1.82, 2.24) is 19.6 Å². The van der Waals surface area contributed by atoms with Crippen molar-refractivity contribution in [3.8, 4) is 0 Å². The lowest BCUT2D eigenvalue weighted by atomic mass is 10.2. The van der Waals surface area contributed by atoms with E-state index in [0.717, 1.165) is 24.5 Å². The molecular weight excluding hydrogens is 454 g/mol. The molecule has 1 N–H and O–H groups in total. The molecule has 0 saturated heterocycles. The highest BCUT2D eigenvalue weighted by Gasteiger charge is 2.37. The second-order valence-corrected chi connectivity index (χ2v) is 8.18. The average Bonchev–Trinajstić information content (AvgIpc) is 3.35. The standard InChI is InChI=1S/C20H18Cl2F3N5O/c21-14-4-2-1-3-13(14)10-29-11-15(22)19(28-29)26-18(31)7-8-30-16(12-5-6-12)9-17(27-30)20(23,24)25/h1-4,9,11-12H,5-8,10H2,(H,26,28,31). The van der Waals surface area contributed by atoms with E-state index in [0.29, 0.717) is 17.3 Å². The van der Waals surface area contributed by atoms with Gasteiger partial charge >= 0.3 is 6.18 Å². The molecule has 0 radical (unpaired) electrons. The molecule has 1 saturated carbocycles. The summed E-state index contributed by atoms with van der Waals surface area (Å²) in [5, 5.41) is 11.3. The Hall–Kier alpha value is -2.52. The van der Waals surface area contributed by atoms with E-state index in [-0.39, 0.29) is 29.7 Å². The Morgan fingerprint density at radius 1 is 1.16 bits per heavy atom. The Labute approximate surface area is 185 Å². The zero-order valence-corrected chi connectivity index (χ0v) is 17.7. The van der Waals surface area contributed by atoms with Crippen LogP contribution in [0.15, 0.2) is 36.5 Å². The van der Waals surface area contributed by atoms with Crippen LogP contribution in [0.2, 0.25) is 10.0 Å². The molecule has 4 rings (SSSR count). The van der Waals surface area contributed by atoms with Crippen LogP contribution in [-0.2, 0) is 24.1 Å². The third-order valence-electron chi connectivity index (χ3n) is 4.91. The van der Waals surface area contributed by atoms with Gasteiger partial charge in [-0.05, 0) is 30.5 Å².